The molecule has 0 aliphatic heterocycles. The van der Waals surface area contributed by atoms with E-state index in [0.29, 0.717) is 0 Å². The minimum absolute atomic E-state index is 0.346. The topological polar surface area (TPSA) is 95.2 Å². The van der Waals surface area contributed by atoms with Gasteiger partial charge in [0, 0.05) is 6.92 Å². The van der Waals surface area contributed by atoms with Crippen LogP contribution >= 0.6 is 23.2 Å². The number of nitrogens with zero attached hydrogens (tertiary/aromatic N) is 3. The molecule has 0 bridgehead atoms. The monoisotopic (exact) mass is 251 g/mol. The molecule has 1 aromatic heterocycles. The fourth-order valence-corrected chi connectivity index (χ4v) is 1.18. The van der Waals surface area contributed by atoms with Gasteiger partial charge in [-0.2, -0.15) is 9.97 Å². The molecule has 0 spiro atoms. The summed E-state index contributed by atoms with van der Waals surface area (Å²) < 4.78 is 4.47. The fraction of sp³-hybridized carbons (Fsp3) is 0.167. The predicted octanol–water partition coefficient (Wildman–Crippen LogP) is 1.62. The van der Waals surface area contributed by atoms with E-state index in [4.69, 9.17) is 23.2 Å². The van der Waals surface area contributed by atoms with E-state index in [-0.39, 0.29) is 5.28 Å². The first-order valence-corrected chi connectivity index (χ1v) is 4.23. The van der Waals surface area contributed by atoms with E-state index in [1.54, 1.807) is 0 Å². The van der Waals surface area contributed by atoms with Crippen LogP contribution in [0.15, 0.2) is 0 Å². The van der Waals surface area contributed by atoms with Crippen LogP contribution < -0.4 is 4.74 Å². The van der Waals surface area contributed by atoms with Crippen molar-refractivity contribution in [3.63, 3.8) is 0 Å². The van der Waals surface area contributed by atoms with Crippen LogP contribution in [0.5, 0.6) is 5.88 Å². The molecule has 0 saturated heterocycles. The normalized spacial score (nSPS) is 9.80. The standard InChI is InChI=1S/C6H3Cl2N3O4/c1-2(12)15-5-3(11(13)14)4(7)9-6(8)10-5/h1H3. The van der Waals surface area contributed by atoms with Gasteiger partial charge in [0.2, 0.25) is 10.4 Å². The number of carbonyl (C=O) groups excluding carboxylic acids is 1. The van der Waals surface area contributed by atoms with Crippen LogP contribution in [0.2, 0.25) is 10.4 Å². The summed E-state index contributed by atoms with van der Waals surface area (Å²) >= 11 is 10.8. The van der Waals surface area contributed by atoms with Crippen LogP contribution in [0.4, 0.5) is 5.69 Å². The molecule has 0 unspecified atom stereocenters. The van der Waals surface area contributed by atoms with E-state index in [9.17, 15) is 14.9 Å². The van der Waals surface area contributed by atoms with Gasteiger partial charge in [0.05, 0.1) is 4.92 Å². The second-order valence-electron chi connectivity index (χ2n) is 2.29. The minimum Gasteiger partial charge on any atom is -0.401 e. The van der Waals surface area contributed by atoms with Gasteiger partial charge in [-0.3, -0.25) is 14.9 Å². The highest BCUT2D eigenvalue weighted by Gasteiger charge is 2.25. The average molecular weight is 252 g/mol. The van der Waals surface area contributed by atoms with Gasteiger partial charge in [0.15, 0.2) is 0 Å². The first kappa shape index (κ1) is 11.6. The summed E-state index contributed by atoms with van der Waals surface area (Å²) in [7, 11) is 0. The smallest absolute Gasteiger partial charge is 0.368 e. The van der Waals surface area contributed by atoms with Crippen molar-refractivity contribution in [3.05, 3.63) is 20.6 Å². The Morgan fingerprint density at radius 1 is 1.47 bits per heavy atom. The van der Waals surface area contributed by atoms with Crippen molar-refractivity contribution < 1.29 is 14.5 Å². The molecule has 1 heterocycles. The van der Waals surface area contributed by atoms with Crippen molar-refractivity contribution in [2.45, 2.75) is 6.92 Å². The molecular formula is C6H3Cl2N3O4. The maximum absolute atomic E-state index is 10.6. The maximum atomic E-state index is 10.6. The molecule has 15 heavy (non-hydrogen) atoms. The van der Waals surface area contributed by atoms with Crippen molar-refractivity contribution in [1.82, 2.24) is 9.97 Å². The van der Waals surface area contributed by atoms with E-state index in [0.717, 1.165) is 6.92 Å². The Labute approximate surface area is 93.1 Å². The van der Waals surface area contributed by atoms with Crippen molar-refractivity contribution in [3.8, 4) is 5.88 Å². The molecule has 1 aromatic rings. The molecule has 0 N–H and O–H groups in total. The summed E-state index contributed by atoms with van der Waals surface area (Å²) in [4.78, 5) is 27.0. The van der Waals surface area contributed by atoms with E-state index in [2.05, 4.69) is 14.7 Å². The highest BCUT2D eigenvalue weighted by atomic mass is 35.5. The van der Waals surface area contributed by atoms with Gasteiger partial charge in [0.1, 0.15) is 0 Å². The lowest BCUT2D eigenvalue weighted by Gasteiger charge is -2.02. The highest BCUT2D eigenvalue weighted by molar-refractivity contribution is 6.33. The molecule has 0 aliphatic rings. The number of ether oxygens (including phenoxy) is 1. The van der Waals surface area contributed by atoms with Gasteiger partial charge in [-0.1, -0.05) is 11.6 Å². The third-order valence-electron chi connectivity index (χ3n) is 1.21. The average Bonchev–Trinajstić information content (AvgIpc) is 1.99. The van der Waals surface area contributed by atoms with Crippen LogP contribution in [-0.2, 0) is 4.79 Å². The zero-order valence-electron chi connectivity index (χ0n) is 7.23. The van der Waals surface area contributed by atoms with Gasteiger partial charge in [-0.05, 0) is 11.6 Å². The molecule has 0 atom stereocenters. The molecule has 0 fully saturated rings. The Balaban J connectivity index is 3.33. The maximum Gasteiger partial charge on any atom is 0.368 e. The molecule has 9 heteroatoms. The zero-order valence-corrected chi connectivity index (χ0v) is 8.74. The minimum atomic E-state index is -0.864. The largest absolute Gasteiger partial charge is 0.401 e. The van der Waals surface area contributed by atoms with Crippen LogP contribution in [0.1, 0.15) is 6.92 Å². The molecule has 0 aliphatic carbocycles. The first-order valence-electron chi connectivity index (χ1n) is 3.47. The Morgan fingerprint density at radius 3 is 2.53 bits per heavy atom. The van der Waals surface area contributed by atoms with Gasteiger partial charge in [-0.15, -0.1) is 0 Å². The third kappa shape index (κ3) is 2.74. The number of hydrogen-bond acceptors (Lipinski definition) is 6. The number of halogens is 2. The second-order valence-corrected chi connectivity index (χ2v) is 2.98. The SMILES string of the molecule is CC(=O)Oc1nc(Cl)nc(Cl)c1[N+](=O)[O-]. The van der Waals surface area contributed by atoms with Crippen LogP contribution in [-0.4, -0.2) is 20.9 Å². The lowest BCUT2D eigenvalue weighted by atomic mass is 10.5. The van der Waals surface area contributed by atoms with Gasteiger partial charge < -0.3 is 4.74 Å². The summed E-state index contributed by atoms with van der Waals surface area (Å²) in [6, 6.07) is 0. The lowest BCUT2D eigenvalue weighted by molar-refractivity contribution is -0.386. The number of nitro groups is 1. The third-order valence-corrected chi connectivity index (χ3v) is 1.64. The number of esters is 1. The number of hydrogen-bond donors (Lipinski definition) is 0. The Morgan fingerprint density at radius 2 is 2.07 bits per heavy atom. The molecule has 0 saturated carbocycles. The lowest BCUT2D eigenvalue weighted by Crippen LogP contribution is -2.07. The summed E-state index contributed by atoms with van der Waals surface area (Å²) in [5.74, 6) is -1.35. The quantitative estimate of drug-likeness (QED) is 0.261. The van der Waals surface area contributed by atoms with Gasteiger partial charge in [-0.25, -0.2) is 0 Å². The van der Waals surface area contributed by atoms with Gasteiger partial charge in [0.25, 0.3) is 0 Å². The Hall–Kier alpha value is -1.47. The number of aromatic nitrogens is 2. The highest BCUT2D eigenvalue weighted by Crippen LogP contribution is 2.32. The van der Waals surface area contributed by atoms with E-state index in [1.165, 1.54) is 0 Å². The fourth-order valence-electron chi connectivity index (χ4n) is 0.745. The molecule has 7 nitrogen and oxygen atoms in total. The molecule has 80 valence electrons. The Kier molecular flexibility index (Phi) is 3.38. The predicted molar refractivity (Wildman–Crippen MR) is 50.0 cm³/mol. The van der Waals surface area contributed by atoms with E-state index < -0.39 is 27.6 Å². The molecule has 1 rings (SSSR count). The molecule has 0 aromatic carbocycles. The van der Waals surface area contributed by atoms with E-state index in [1.807, 2.05) is 0 Å². The van der Waals surface area contributed by atoms with Crippen molar-refractivity contribution in [2.75, 3.05) is 0 Å². The number of carbonyl (C=O) groups is 1. The summed E-state index contributed by atoms with van der Waals surface area (Å²) in [5.41, 5.74) is -0.698. The summed E-state index contributed by atoms with van der Waals surface area (Å²) in [5, 5.41) is 9.71. The van der Waals surface area contributed by atoms with Gasteiger partial charge >= 0.3 is 17.5 Å². The number of rotatable bonds is 2. The van der Waals surface area contributed by atoms with Crippen LogP contribution in [0.3, 0.4) is 0 Å². The summed E-state index contributed by atoms with van der Waals surface area (Å²) in [6.07, 6.45) is 0. The van der Waals surface area contributed by atoms with Crippen molar-refractivity contribution >= 4 is 34.9 Å². The molecular weight excluding hydrogens is 249 g/mol. The molecule has 0 amide bonds. The van der Waals surface area contributed by atoms with Crippen LogP contribution in [0, 0.1) is 10.1 Å². The van der Waals surface area contributed by atoms with Crippen molar-refractivity contribution in [2.24, 2.45) is 0 Å². The zero-order chi connectivity index (χ0) is 11.6. The first-order chi connectivity index (χ1) is 6.91. The van der Waals surface area contributed by atoms with E-state index >= 15 is 0 Å². The molecule has 0 radical (unpaired) electrons. The van der Waals surface area contributed by atoms with Crippen LogP contribution in [0.25, 0.3) is 0 Å². The Bertz CT molecular complexity index is 437. The van der Waals surface area contributed by atoms with Crippen molar-refractivity contribution in [1.29, 1.82) is 0 Å². The summed E-state index contributed by atoms with van der Waals surface area (Å²) in [6.45, 7) is 1.06. The second kappa shape index (κ2) is 4.37.